The lowest BCUT2D eigenvalue weighted by atomic mass is 9.96. The van der Waals surface area contributed by atoms with Gasteiger partial charge in [-0.15, -0.1) is 0 Å². The van der Waals surface area contributed by atoms with E-state index >= 15 is 0 Å². The Hall–Kier alpha value is -1.36. The van der Waals surface area contributed by atoms with Gasteiger partial charge in [0.15, 0.2) is 0 Å². The molecule has 0 amide bonds. The monoisotopic (exact) mass is 408 g/mol. The SMILES string of the molecule is O=[N+]([O-])C1C2CCC(CC3CCC(N3)C3CCC(N3)C([N+](=O)[O-])C3CCC1N3)N2. The van der Waals surface area contributed by atoms with Gasteiger partial charge in [-0.05, 0) is 57.8 Å². The molecule has 29 heavy (non-hydrogen) atoms. The summed E-state index contributed by atoms with van der Waals surface area (Å²) in [7, 11) is 0. The van der Waals surface area contributed by atoms with Gasteiger partial charge in [0, 0.05) is 34.0 Å². The van der Waals surface area contributed by atoms with Crippen LogP contribution in [0.3, 0.4) is 0 Å². The summed E-state index contributed by atoms with van der Waals surface area (Å²) in [4.78, 5) is 23.6. The van der Waals surface area contributed by atoms with Gasteiger partial charge in [-0.1, -0.05) is 0 Å². The van der Waals surface area contributed by atoms with Gasteiger partial charge in [0.25, 0.3) is 0 Å². The summed E-state index contributed by atoms with van der Waals surface area (Å²) in [6.45, 7) is 0. The molecule has 162 valence electrons. The zero-order chi connectivity index (χ0) is 20.1. The Balaban J connectivity index is 1.43. The second-order valence-electron chi connectivity index (χ2n) is 9.80. The van der Waals surface area contributed by atoms with Crippen LogP contribution in [0, 0.1) is 20.2 Å². The lowest BCUT2D eigenvalue weighted by Gasteiger charge is -2.26. The van der Waals surface area contributed by atoms with Crippen LogP contribution >= 0.6 is 0 Å². The summed E-state index contributed by atoms with van der Waals surface area (Å²) in [6, 6.07) is -0.987. The summed E-state index contributed by atoms with van der Waals surface area (Å²) < 4.78 is 0. The molecule has 0 aromatic heterocycles. The van der Waals surface area contributed by atoms with E-state index in [1.165, 1.54) is 0 Å². The van der Waals surface area contributed by atoms with Gasteiger partial charge in [0.2, 0.25) is 12.1 Å². The molecule has 0 aromatic carbocycles. The van der Waals surface area contributed by atoms with E-state index in [1.54, 1.807) is 0 Å². The van der Waals surface area contributed by atoms with E-state index in [0.717, 1.165) is 44.9 Å². The van der Waals surface area contributed by atoms with Crippen molar-refractivity contribution in [2.75, 3.05) is 0 Å². The van der Waals surface area contributed by atoms with E-state index in [-0.39, 0.29) is 40.1 Å². The second kappa shape index (κ2) is 7.72. The maximum atomic E-state index is 12.0. The lowest BCUT2D eigenvalue weighted by Crippen LogP contribution is -2.58. The summed E-state index contributed by atoms with van der Waals surface area (Å²) >= 11 is 0. The first-order valence-corrected chi connectivity index (χ1v) is 11.3. The number of nitro groups is 2. The molecule has 5 aliphatic heterocycles. The van der Waals surface area contributed by atoms with Crippen molar-refractivity contribution in [1.29, 1.82) is 0 Å². The molecule has 0 aromatic rings. The van der Waals surface area contributed by atoms with Crippen molar-refractivity contribution < 1.29 is 9.85 Å². The van der Waals surface area contributed by atoms with E-state index in [1.807, 2.05) is 0 Å². The van der Waals surface area contributed by atoms with E-state index < -0.39 is 12.1 Å². The molecule has 4 N–H and O–H groups in total. The third kappa shape index (κ3) is 3.64. The van der Waals surface area contributed by atoms with Crippen molar-refractivity contribution in [1.82, 2.24) is 21.3 Å². The van der Waals surface area contributed by atoms with Gasteiger partial charge in [0.1, 0.15) is 0 Å². The van der Waals surface area contributed by atoms with E-state index in [2.05, 4.69) is 21.3 Å². The third-order valence-corrected chi connectivity index (χ3v) is 8.18. The molecule has 0 spiro atoms. The Morgan fingerprint density at radius 1 is 0.517 bits per heavy atom. The van der Waals surface area contributed by atoms with Crippen LogP contribution in [-0.4, -0.2) is 70.3 Å². The topological polar surface area (TPSA) is 134 Å². The molecular formula is C19H32N6O4. The number of hydrogen-bond donors (Lipinski definition) is 4. The Labute approximate surface area is 170 Å². The molecule has 8 bridgehead atoms. The molecule has 5 saturated heterocycles. The molecule has 10 nitrogen and oxygen atoms in total. The number of rotatable bonds is 2. The quantitative estimate of drug-likeness (QED) is 0.375. The summed E-state index contributed by atoms with van der Waals surface area (Å²) in [5.41, 5.74) is 0. The summed E-state index contributed by atoms with van der Waals surface area (Å²) in [6.07, 6.45) is 8.00. The van der Waals surface area contributed by atoms with Gasteiger partial charge in [0.05, 0.1) is 24.2 Å². The normalized spacial score (nSPS) is 49.5. The molecule has 0 saturated carbocycles. The maximum Gasteiger partial charge on any atom is 0.243 e. The van der Waals surface area contributed by atoms with Crippen molar-refractivity contribution >= 4 is 0 Å². The van der Waals surface area contributed by atoms with Crippen LogP contribution in [0.4, 0.5) is 0 Å². The molecule has 10 unspecified atom stereocenters. The van der Waals surface area contributed by atoms with Crippen LogP contribution in [0.25, 0.3) is 0 Å². The summed E-state index contributed by atoms with van der Waals surface area (Å²) in [5, 5.41) is 38.2. The largest absolute Gasteiger partial charge is 0.310 e. The van der Waals surface area contributed by atoms with Crippen molar-refractivity contribution in [2.45, 2.75) is 118 Å². The molecule has 5 fully saturated rings. The van der Waals surface area contributed by atoms with Gasteiger partial charge >= 0.3 is 0 Å². The second-order valence-corrected chi connectivity index (χ2v) is 9.80. The van der Waals surface area contributed by atoms with E-state index in [4.69, 9.17) is 0 Å². The fraction of sp³-hybridized carbons (Fsp3) is 1.00. The van der Waals surface area contributed by atoms with Crippen LogP contribution in [0.1, 0.15) is 57.8 Å². The van der Waals surface area contributed by atoms with Crippen LogP contribution in [-0.2, 0) is 0 Å². The molecule has 5 heterocycles. The lowest BCUT2D eigenvalue weighted by molar-refractivity contribution is -0.535. The zero-order valence-corrected chi connectivity index (χ0v) is 16.7. The smallest absolute Gasteiger partial charge is 0.243 e. The Morgan fingerprint density at radius 3 is 1.41 bits per heavy atom. The van der Waals surface area contributed by atoms with Crippen molar-refractivity contribution in [3.8, 4) is 0 Å². The van der Waals surface area contributed by atoms with E-state index in [9.17, 15) is 20.2 Å². The first kappa shape index (κ1) is 19.6. The average Bonchev–Trinajstić information content (AvgIpc) is 3.43. The zero-order valence-electron chi connectivity index (χ0n) is 16.7. The Bertz CT molecular complexity index is 665. The standard InChI is InChI=1S/C19H32N6O4/c26-24(27)18-14-4-2-11(21-14)9-10-1-3-12(20-10)13-5-6-15(22-13)19(25(28)29)17-8-7-16(18)23-17/h10-23H,1-9H2. The molecule has 0 aliphatic carbocycles. The average molecular weight is 409 g/mol. The predicted octanol–water partition coefficient (Wildman–Crippen LogP) is 0.163. The number of hydrogen-bond acceptors (Lipinski definition) is 8. The fourth-order valence-corrected chi connectivity index (χ4v) is 6.88. The fourth-order valence-electron chi connectivity index (χ4n) is 6.88. The van der Waals surface area contributed by atoms with Crippen molar-refractivity contribution in [2.24, 2.45) is 0 Å². The highest BCUT2D eigenvalue weighted by molar-refractivity contribution is 5.05. The van der Waals surface area contributed by atoms with E-state index in [0.29, 0.717) is 31.0 Å². The predicted molar refractivity (Wildman–Crippen MR) is 106 cm³/mol. The molecule has 10 atom stereocenters. The molecule has 5 rings (SSSR count). The van der Waals surface area contributed by atoms with Crippen LogP contribution < -0.4 is 21.3 Å². The number of nitrogens with one attached hydrogen (secondary N) is 4. The van der Waals surface area contributed by atoms with Crippen LogP contribution in [0.15, 0.2) is 0 Å². The summed E-state index contributed by atoms with van der Waals surface area (Å²) in [5.74, 6) is 0. The first-order chi connectivity index (χ1) is 14.0. The minimum Gasteiger partial charge on any atom is -0.310 e. The maximum absolute atomic E-state index is 12.0. The van der Waals surface area contributed by atoms with Crippen LogP contribution in [0.2, 0.25) is 0 Å². The Morgan fingerprint density at radius 2 is 0.862 bits per heavy atom. The molecule has 10 heteroatoms. The minimum absolute atomic E-state index is 0.155. The van der Waals surface area contributed by atoms with Gasteiger partial charge in [-0.3, -0.25) is 25.5 Å². The number of fused-ring (bicyclic) bond motifs is 9. The van der Waals surface area contributed by atoms with Crippen molar-refractivity contribution in [3.63, 3.8) is 0 Å². The third-order valence-electron chi connectivity index (χ3n) is 8.18. The minimum atomic E-state index is -0.732. The highest BCUT2D eigenvalue weighted by Gasteiger charge is 2.52. The number of nitrogens with zero attached hydrogens (tertiary/aromatic N) is 2. The van der Waals surface area contributed by atoms with Gasteiger partial charge in [-0.25, -0.2) is 0 Å². The molecule has 0 radical (unpaired) electrons. The molecular weight excluding hydrogens is 376 g/mol. The van der Waals surface area contributed by atoms with Crippen molar-refractivity contribution in [3.05, 3.63) is 20.2 Å². The van der Waals surface area contributed by atoms with Crippen LogP contribution in [0.5, 0.6) is 0 Å². The highest BCUT2D eigenvalue weighted by atomic mass is 16.6. The highest BCUT2D eigenvalue weighted by Crippen LogP contribution is 2.33. The molecule has 5 aliphatic rings. The van der Waals surface area contributed by atoms with Gasteiger partial charge in [-0.2, -0.15) is 0 Å². The first-order valence-electron chi connectivity index (χ1n) is 11.3. The van der Waals surface area contributed by atoms with Gasteiger partial charge < -0.3 is 16.0 Å². The Kier molecular flexibility index (Phi) is 5.21.